The van der Waals surface area contributed by atoms with Gasteiger partial charge in [0.25, 0.3) is 0 Å². The van der Waals surface area contributed by atoms with Gasteiger partial charge in [-0.25, -0.2) is 0 Å². The maximum absolute atomic E-state index is 12.5. The average Bonchev–Trinajstić information content (AvgIpc) is 2.87. The fourth-order valence-electron chi connectivity index (χ4n) is 3.08. The average molecular weight is 274 g/mol. The van der Waals surface area contributed by atoms with E-state index in [1.165, 1.54) is 0 Å². The highest BCUT2D eigenvalue weighted by Gasteiger charge is 2.29. The standard InChI is InChI=1S/C17H26N2O/c1-13(2)11-15-9-6-10-19(15)17(20)12-16(18)14-7-4-3-5-8-14/h3-5,7-8,13,15-16H,6,9-12,18H2,1-2H3. The molecule has 0 spiro atoms. The zero-order valence-electron chi connectivity index (χ0n) is 12.6. The molecule has 2 atom stereocenters. The second-order valence-corrected chi connectivity index (χ2v) is 6.23. The molecule has 2 N–H and O–H groups in total. The third-order valence-electron chi connectivity index (χ3n) is 4.06. The van der Waals surface area contributed by atoms with E-state index in [9.17, 15) is 4.79 Å². The van der Waals surface area contributed by atoms with Crippen molar-refractivity contribution in [3.05, 3.63) is 35.9 Å². The lowest BCUT2D eigenvalue weighted by Gasteiger charge is -2.27. The van der Waals surface area contributed by atoms with Gasteiger partial charge in [-0.3, -0.25) is 4.79 Å². The van der Waals surface area contributed by atoms with Gasteiger partial charge in [0.15, 0.2) is 0 Å². The van der Waals surface area contributed by atoms with Gasteiger partial charge in [0.1, 0.15) is 0 Å². The minimum absolute atomic E-state index is 0.191. The third kappa shape index (κ3) is 3.83. The van der Waals surface area contributed by atoms with Gasteiger partial charge in [-0.2, -0.15) is 0 Å². The zero-order valence-corrected chi connectivity index (χ0v) is 12.6. The van der Waals surface area contributed by atoms with Crippen LogP contribution < -0.4 is 5.73 Å². The van der Waals surface area contributed by atoms with Gasteiger partial charge < -0.3 is 10.6 Å². The summed E-state index contributed by atoms with van der Waals surface area (Å²) in [7, 11) is 0. The number of hydrogen-bond donors (Lipinski definition) is 1. The summed E-state index contributed by atoms with van der Waals surface area (Å²) in [4.78, 5) is 14.5. The molecule has 0 radical (unpaired) electrons. The maximum atomic E-state index is 12.5. The van der Waals surface area contributed by atoms with Crippen LogP contribution in [0.2, 0.25) is 0 Å². The Hall–Kier alpha value is -1.35. The Morgan fingerprint density at radius 1 is 1.35 bits per heavy atom. The van der Waals surface area contributed by atoms with Gasteiger partial charge >= 0.3 is 0 Å². The van der Waals surface area contributed by atoms with Gasteiger partial charge in [0.2, 0.25) is 5.91 Å². The Balaban J connectivity index is 1.94. The Kier molecular flexibility index (Phi) is 5.18. The molecular weight excluding hydrogens is 248 g/mol. The SMILES string of the molecule is CC(C)CC1CCCN1C(=O)CC(N)c1ccccc1. The number of amides is 1. The highest BCUT2D eigenvalue weighted by Crippen LogP contribution is 2.25. The molecule has 1 aliphatic rings. The molecule has 1 heterocycles. The van der Waals surface area contributed by atoms with Crippen molar-refractivity contribution in [3.63, 3.8) is 0 Å². The number of rotatable bonds is 5. The monoisotopic (exact) mass is 274 g/mol. The van der Waals surface area contributed by atoms with Gasteiger partial charge in [0.05, 0.1) is 0 Å². The first-order valence-corrected chi connectivity index (χ1v) is 7.68. The summed E-state index contributed by atoms with van der Waals surface area (Å²) in [5.41, 5.74) is 7.20. The summed E-state index contributed by atoms with van der Waals surface area (Å²) >= 11 is 0. The summed E-state index contributed by atoms with van der Waals surface area (Å²) < 4.78 is 0. The van der Waals surface area contributed by atoms with E-state index in [1.54, 1.807) is 0 Å². The molecule has 1 aromatic rings. The number of nitrogens with two attached hydrogens (primary N) is 1. The van der Waals surface area contributed by atoms with Crippen LogP contribution in [0.1, 0.15) is 51.1 Å². The van der Waals surface area contributed by atoms with Crippen LogP contribution in [0.5, 0.6) is 0 Å². The zero-order chi connectivity index (χ0) is 14.5. The Labute approximate surface area is 122 Å². The summed E-state index contributed by atoms with van der Waals surface area (Å²) in [6, 6.07) is 10.1. The summed E-state index contributed by atoms with van der Waals surface area (Å²) in [6.07, 6.45) is 3.79. The number of likely N-dealkylation sites (tertiary alicyclic amines) is 1. The van der Waals surface area contributed by atoms with Crippen molar-refractivity contribution in [2.45, 2.75) is 51.6 Å². The van der Waals surface area contributed by atoms with E-state index in [4.69, 9.17) is 5.73 Å². The molecular formula is C17H26N2O. The van der Waals surface area contributed by atoms with E-state index in [1.807, 2.05) is 30.3 Å². The first kappa shape index (κ1) is 15.0. The van der Waals surface area contributed by atoms with Crippen LogP contribution >= 0.6 is 0 Å². The molecule has 1 saturated heterocycles. The molecule has 2 rings (SSSR count). The topological polar surface area (TPSA) is 46.3 Å². The molecule has 1 amide bonds. The first-order valence-electron chi connectivity index (χ1n) is 7.68. The number of carbonyl (C=O) groups excluding carboxylic acids is 1. The van der Waals surface area contributed by atoms with Crippen molar-refractivity contribution in [1.29, 1.82) is 0 Å². The second kappa shape index (κ2) is 6.89. The van der Waals surface area contributed by atoms with Crippen LogP contribution in [-0.2, 0) is 4.79 Å². The number of hydrogen-bond acceptors (Lipinski definition) is 2. The smallest absolute Gasteiger partial charge is 0.224 e. The molecule has 0 bridgehead atoms. The fraction of sp³-hybridized carbons (Fsp3) is 0.588. The van der Waals surface area contributed by atoms with E-state index in [-0.39, 0.29) is 11.9 Å². The number of benzene rings is 1. The lowest BCUT2D eigenvalue weighted by Crippen LogP contribution is -2.37. The van der Waals surface area contributed by atoms with Crippen LogP contribution in [0.4, 0.5) is 0 Å². The van der Waals surface area contributed by atoms with Crippen molar-refractivity contribution in [3.8, 4) is 0 Å². The summed E-state index contributed by atoms with van der Waals surface area (Å²) in [5, 5.41) is 0. The van der Waals surface area contributed by atoms with Crippen LogP contribution in [0.25, 0.3) is 0 Å². The number of nitrogens with zero attached hydrogens (tertiary/aromatic N) is 1. The third-order valence-corrected chi connectivity index (χ3v) is 4.06. The highest BCUT2D eigenvalue weighted by atomic mass is 16.2. The van der Waals surface area contributed by atoms with Crippen LogP contribution in [0.3, 0.4) is 0 Å². The van der Waals surface area contributed by atoms with Gasteiger partial charge in [-0.1, -0.05) is 44.2 Å². The van der Waals surface area contributed by atoms with Gasteiger partial charge in [-0.05, 0) is 30.7 Å². The lowest BCUT2D eigenvalue weighted by atomic mass is 10.0. The second-order valence-electron chi connectivity index (χ2n) is 6.23. The molecule has 1 aliphatic heterocycles. The molecule has 0 aliphatic carbocycles. The largest absolute Gasteiger partial charge is 0.340 e. The molecule has 3 heteroatoms. The normalized spacial score (nSPS) is 20.4. The van der Waals surface area contributed by atoms with Gasteiger partial charge in [0, 0.05) is 25.0 Å². The van der Waals surface area contributed by atoms with E-state index in [0.717, 1.165) is 31.4 Å². The molecule has 0 saturated carbocycles. The first-order chi connectivity index (χ1) is 9.58. The van der Waals surface area contributed by atoms with Gasteiger partial charge in [-0.15, -0.1) is 0 Å². The van der Waals surface area contributed by atoms with E-state index >= 15 is 0 Å². The Bertz CT molecular complexity index is 430. The minimum atomic E-state index is -0.191. The molecule has 1 fully saturated rings. The van der Waals surface area contributed by atoms with Crippen LogP contribution in [0.15, 0.2) is 30.3 Å². The Morgan fingerprint density at radius 2 is 2.05 bits per heavy atom. The quantitative estimate of drug-likeness (QED) is 0.896. The number of carbonyl (C=O) groups is 1. The van der Waals surface area contributed by atoms with Crippen LogP contribution in [-0.4, -0.2) is 23.4 Å². The maximum Gasteiger partial charge on any atom is 0.224 e. The molecule has 110 valence electrons. The molecule has 20 heavy (non-hydrogen) atoms. The summed E-state index contributed by atoms with van der Waals surface area (Å²) in [5.74, 6) is 0.848. The highest BCUT2D eigenvalue weighted by molar-refractivity contribution is 5.77. The van der Waals surface area contributed by atoms with Crippen molar-refractivity contribution in [1.82, 2.24) is 4.90 Å². The van der Waals surface area contributed by atoms with E-state index in [0.29, 0.717) is 18.4 Å². The van der Waals surface area contributed by atoms with Crippen molar-refractivity contribution in [2.75, 3.05) is 6.54 Å². The Morgan fingerprint density at radius 3 is 2.70 bits per heavy atom. The summed E-state index contributed by atoms with van der Waals surface area (Å²) in [6.45, 7) is 5.34. The molecule has 0 aromatic heterocycles. The van der Waals surface area contributed by atoms with Crippen molar-refractivity contribution >= 4 is 5.91 Å². The van der Waals surface area contributed by atoms with Crippen LogP contribution in [0, 0.1) is 5.92 Å². The van der Waals surface area contributed by atoms with E-state index in [2.05, 4.69) is 18.7 Å². The fourth-order valence-corrected chi connectivity index (χ4v) is 3.08. The van der Waals surface area contributed by atoms with Crippen molar-refractivity contribution in [2.24, 2.45) is 11.7 Å². The minimum Gasteiger partial charge on any atom is -0.340 e. The van der Waals surface area contributed by atoms with Crippen molar-refractivity contribution < 1.29 is 4.79 Å². The molecule has 3 nitrogen and oxygen atoms in total. The lowest BCUT2D eigenvalue weighted by molar-refractivity contribution is -0.132. The predicted molar refractivity (Wildman–Crippen MR) is 82.2 cm³/mol. The molecule has 2 unspecified atom stereocenters. The predicted octanol–water partition coefficient (Wildman–Crippen LogP) is 3.11. The molecule has 1 aromatic carbocycles. The van der Waals surface area contributed by atoms with E-state index < -0.39 is 0 Å².